The van der Waals surface area contributed by atoms with Crippen molar-refractivity contribution in [3.63, 3.8) is 0 Å². The number of nitrogens with zero attached hydrogens (tertiary/aromatic N) is 2. The summed E-state index contributed by atoms with van der Waals surface area (Å²) in [7, 11) is 1.62. The molecule has 0 unspecified atom stereocenters. The predicted molar refractivity (Wildman–Crippen MR) is 102 cm³/mol. The summed E-state index contributed by atoms with van der Waals surface area (Å²) in [6.07, 6.45) is 0. The first-order valence-electron chi connectivity index (χ1n) is 8.41. The van der Waals surface area contributed by atoms with Crippen molar-refractivity contribution in [3.05, 3.63) is 54.6 Å². The Morgan fingerprint density at radius 1 is 0.769 bits per heavy atom. The molecule has 0 saturated heterocycles. The van der Waals surface area contributed by atoms with Gasteiger partial charge >= 0.3 is 0 Å². The Bertz CT molecular complexity index is 762. The number of hydrogen-bond acceptors (Lipinski definition) is 5. The molecule has 0 radical (unpaired) electrons. The van der Waals surface area contributed by atoms with Gasteiger partial charge in [0, 0.05) is 27.2 Å². The van der Waals surface area contributed by atoms with E-state index in [0.717, 1.165) is 18.8 Å². The van der Waals surface area contributed by atoms with Gasteiger partial charge in [-0.05, 0) is 43.4 Å². The van der Waals surface area contributed by atoms with Gasteiger partial charge in [-0.3, -0.25) is 4.90 Å². The summed E-state index contributed by atoms with van der Waals surface area (Å²) in [5, 5.41) is 0. The molecule has 0 spiro atoms. The highest BCUT2D eigenvalue weighted by molar-refractivity contribution is 7.89. The van der Waals surface area contributed by atoms with Gasteiger partial charge in [-0.25, -0.2) is 12.7 Å². The summed E-state index contributed by atoms with van der Waals surface area (Å²) in [6.45, 7) is 2.66. The third kappa shape index (κ3) is 6.01. The SMILES string of the molecule is CN(CCOc1ccccc1)CCOc1ccc(S(=O)(=O)N(C)C)cc1. The summed E-state index contributed by atoms with van der Waals surface area (Å²) in [4.78, 5) is 2.37. The molecule has 142 valence electrons. The molecule has 2 rings (SSSR count). The van der Waals surface area contributed by atoms with Gasteiger partial charge in [0.1, 0.15) is 24.7 Å². The Hall–Kier alpha value is -2.09. The molecule has 2 aromatic carbocycles. The normalized spacial score (nSPS) is 11.7. The zero-order valence-electron chi connectivity index (χ0n) is 15.5. The molecule has 0 fully saturated rings. The molecule has 0 heterocycles. The summed E-state index contributed by atoms with van der Waals surface area (Å²) >= 11 is 0. The Labute approximate surface area is 156 Å². The molecule has 7 heteroatoms. The minimum absolute atomic E-state index is 0.255. The van der Waals surface area contributed by atoms with E-state index in [4.69, 9.17) is 9.47 Å². The smallest absolute Gasteiger partial charge is 0.242 e. The third-order valence-corrected chi connectivity index (χ3v) is 5.66. The molecule has 0 saturated carbocycles. The van der Waals surface area contributed by atoms with Gasteiger partial charge in [0.15, 0.2) is 0 Å². The number of sulfonamides is 1. The Morgan fingerprint density at radius 2 is 1.27 bits per heavy atom. The summed E-state index contributed by atoms with van der Waals surface area (Å²) < 4.78 is 36.6. The van der Waals surface area contributed by atoms with Crippen molar-refractivity contribution in [2.24, 2.45) is 0 Å². The fourth-order valence-corrected chi connectivity index (χ4v) is 3.09. The maximum atomic E-state index is 12.0. The van der Waals surface area contributed by atoms with Gasteiger partial charge < -0.3 is 9.47 Å². The largest absolute Gasteiger partial charge is 0.492 e. The highest BCUT2D eigenvalue weighted by atomic mass is 32.2. The van der Waals surface area contributed by atoms with Crippen LogP contribution in [-0.4, -0.2) is 65.1 Å². The number of rotatable bonds is 10. The lowest BCUT2D eigenvalue weighted by molar-refractivity contribution is 0.202. The molecule has 0 atom stereocenters. The number of para-hydroxylation sites is 1. The van der Waals surface area contributed by atoms with Gasteiger partial charge in [-0.1, -0.05) is 18.2 Å². The standard InChI is InChI=1S/C19H26N2O4S/c1-20(2)26(22,23)19-11-9-18(10-12-19)25-16-14-21(3)13-15-24-17-7-5-4-6-8-17/h4-12H,13-16H2,1-3H3. The van der Waals surface area contributed by atoms with Crippen molar-refractivity contribution in [1.29, 1.82) is 0 Å². The lowest BCUT2D eigenvalue weighted by Crippen LogP contribution is -2.28. The molecule has 0 aliphatic heterocycles. The van der Waals surface area contributed by atoms with Crippen LogP contribution >= 0.6 is 0 Å². The maximum Gasteiger partial charge on any atom is 0.242 e. The fourth-order valence-electron chi connectivity index (χ4n) is 2.19. The van der Waals surface area contributed by atoms with E-state index in [-0.39, 0.29) is 4.90 Å². The van der Waals surface area contributed by atoms with Crippen LogP contribution in [0.15, 0.2) is 59.5 Å². The van der Waals surface area contributed by atoms with E-state index in [0.29, 0.717) is 19.0 Å². The summed E-state index contributed by atoms with van der Waals surface area (Å²) in [5.41, 5.74) is 0. The lowest BCUT2D eigenvalue weighted by atomic mass is 10.3. The molecular formula is C19H26N2O4S. The van der Waals surface area contributed by atoms with Crippen molar-refractivity contribution < 1.29 is 17.9 Å². The second-order valence-electron chi connectivity index (χ2n) is 6.07. The molecule has 0 amide bonds. The van der Waals surface area contributed by atoms with Gasteiger partial charge in [0.25, 0.3) is 0 Å². The van der Waals surface area contributed by atoms with Crippen LogP contribution in [0, 0.1) is 0 Å². The van der Waals surface area contributed by atoms with Crippen LogP contribution in [0.3, 0.4) is 0 Å². The maximum absolute atomic E-state index is 12.0. The van der Waals surface area contributed by atoms with E-state index in [9.17, 15) is 8.42 Å². The molecule has 0 aromatic heterocycles. The number of benzene rings is 2. The molecule has 0 N–H and O–H groups in total. The quantitative estimate of drug-likeness (QED) is 0.635. The molecule has 2 aromatic rings. The average Bonchev–Trinajstić information content (AvgIpc) is 2.63. The first-order chi connectivity index (χ1) is 12.4. The Morgan fingerprint density at radius 3 is 1.77 bits per heavy atom. The summed E-state index contributed by atoms with van der Waals surface area (Å²) in [6, 6.07) is 16.2. The zero-order chi connectivity index (χ0) is 19.0. The summed E-state index contributed by atoms with van der Waals surface area (Å²) in [5.74, 6) is 1.52. The van der Waals surface area contributed by atoms with Crippen molar-refractivity contribution in [2.75, 3.05) is 47.4 Å². The number of ether oxygens (including phenoxy) is 2. The van der Waals surface area contributed by atoms with Crippen molar-refractivity contribution in [2.45, 2.75) is 4.90 Å². The van der Waals surface area contributed by atoms with Crippen LogP contribution in [0.25, 0.3) is 0 Å². The Kier molecular flexibility index (Phi) is 7.44. The molecule has 6 nitrogen and oxygen atoms in total. The average molecular weight is 378 g/mol. The minimum atomic E-state index is -3.41. The Balaban J connectivity index is 1.70. The van der Waals surface area contributed by atoms with Crippen molar-refractivity contribution in [3.8, 4) is 11.5 Å². The van der Waals surface area contributed by atoms with Crippen LogP contribution in [0.4, 0.5) is 0 Å². The lowest BCUT2D eigenvalue weighted by Gasteiger charge is -2.17. The molecule has 0 aliphatic carbocycles. The van der Waals surface area contributed by atoms with E-state index in [1.54, 1.807) is 24.3 Å². The second kappa shape index (κ2) is 9.56. The molecule has 26 heavy (non-hydrogen) atoms. The first kappa shape index (κ1) is 20.2. The third-order valence-electron chi connectivity index (χ3n) is 3.83. The monoisotopic (exact) mass is 378 g/mol. The highest BCUT2D eigenvalue weighted by Gasteiger charge is 2.16. The van der Waals surface area contributed by atoms with Crippen molar-refractivity contribution in [1.82, 2.24) is 9.21 Å². The van der Waals surface area contributed by atoms with E-state index < -0.39 is 10.0 Å². The van der Waals surface area contributed by atoms with Crippen molar-refractivity contribution >= 4 is 10.0 Å². The van der Waals surface area contributed by atoms with E-state index in [2.05, 4.69) is 4.90 Å². The van der Waals surface area contributed by atoms with E-state index in [1.807, 2.05) is 37.4 Å². The topological polar surface area (TPSA) is 59.1 Å². The van der Waals surface area contributed by atoms with Crippen LogP contribution in [-0.2, 0) is 10.0 Å². The first-order valence-corrected chi connectivity index (χ1v) is 9.85. The molecule has 0 bridgehead atoms. The van der Waals surface area contributed by atoms with Gasteiger partial charge in [0.2, 0.25) is 10.0 Å². The minimum Gasteiger partial charge on any atom is -0.492 e. The number of hydrogen-bond donors (Lipinski definition) is 0. The van der Waals surface area contributed by atoms with Crippen LogP contribution in [0.1, 0.15) is 0 Å². The predicted octanol–water partition coefficient (Wildman–Crippen LogP) is 2.33. The second-order valence-corrected chi connectivity index (χ2v) is 8.22. The van der Waals surface area contributed by atoms with Gasteiger partial charge in [-0.15, -0.1) is 0 Å². The fraction of sp³-hybridized carbons (Fsp3) is 0.368. The van der Waals surface area contributed by atoms with E-state index in [1.165, 1.54) is 18.4 Å². The van der Waals surface area contributed by atoms with E-state index >= 15 is 0 Å². The highest BCUT2D eigenvalue weighted by Crippen LogP contribution is 2.18. The molecule has 0 aliphatic rings. The van der Waals surface area contributed by atoms with Gasteiger partial charge in [-0.2, -0.15) is 0 Å². The van der Waals surface area contributed by atoms with Crippen LogP contribution in [0.5, 0.6) is 11.5 Å². The van der Waals surface area contributed by atoms with Crippen LogP contribution < -0.4 is 9.47 Å². The number of likely N-dealkylation sites (N-methyl/N-ethyl adjacent to an activating group) is 1. The molecular weight excluding hydrogens is 352 g/mol. The van der Waals surface area contributed by atoms with Crippen LogP contribution in [0.2, 0.25) is 0 Å². The zero-order valence-corrected chi connectivity index (χ0v) is 16.3. The van der Waals surface area contributed by atoms with Gasteiger partial charge in [0.05, 0.1) is 4.90 Å².